The van der Waals surface area contributed by atoms with Crippen molar-refractivity contribution in [3.05, 3.63) is 34.3 Å². The number of carbonyl (C=O) groups excluding carboxylic acids is 1. The lowest BCUT2D eigenvalue weighted by Gasteiger charge is -2.19. The van der Waals surface area contributed by atoms with E-state index < -0.39 is 11.6 Å². The van der Waals surface area contributed by atoms with Crippen molar-refractivity contribution in [1.29, 1.82) is 0 Å². The van der Waals surface area contributed by atoms with Gasteiger partial charge in [0.1, 0.15) is 0 Å². The highest BCUT2D eigenvalue weighted by Crippen LogP contribution is 2.12. The van der Waals surface area contributed by atoms with Crippen molar-refractivity contribution in [1.82, 2.24) is 0 Å². The van der Waals surface area contributed by atoms with Gasteiger partial charge in [-0.2, -0.15) is 0 Å². The van der Waals surface area contributed by atoms with Gasteiger partial charge in [0.15, 0.2) is 5.60 Å². The summed E-state index contributed by atoms with van der Waals surface area (Å²) in [5, 5.41) is 9.70. The van der Waals surface area contributed by atoms with E-state index in [-0.39, 0.29) is 6.61 Å². The molecule has 0 saturated carbocycles. The molecule has 0 aliphatic heterocycles. The van der Waals surface area contributed by atoms with Gasteiger partial charge in [-0.3, -0.25) is 0 Å². The maximum Gasteiger partial charge on any atom is 0.339 e. The number of carbonyl (C=O) groups is 1. The van der Waals surface area contributed by atoms with Crippen LogP contribution in [0.3, 0.4) is 0 Å². The maximum atomic E-state index is 11.2. The summed E-state index contributed by atoms with van der Waals surface area (Å²) >= 11 is 3.33. The molecule has 0 aliphatic carbocycles. The minimum atomic E-state index is -1.61. The van der Waals surface area contributed by atoms with Gasteiger partial charge in [-0.1, -0.05) is 28.1 Å². The van der Waals surface area contributed by atoms with Gasteiger partial charge in [-0.15, -0.1) is 0 Å². The highest BCUT2D eigenvalue weighted by atomic mass is 79.9. The number of methoxy groups -OCH3 is 1. The summed E-state index contributed by atoms with van der Waals surface area (Å²) in [6.45, 7) is 1.59. The Morgan fingerprint density at radius 2 is 2.00 bits per heavy atom. The van der Waals surface area contributed by atoms with Crippen LogP contribution in [0.25, 0.3) is 0 Å². The van der Waals surface area contributed by atoms with Crippen LogP contribution in [0, 0.1) is 0 Å². The predicted octanol–water partition coefficient (Wildman–Crippen LogP) is 1.89. The molecule has 4 nitrogen and oxygen atoms in total. The van der Waals surface area contributed by atoms with Crippen LogP contribution in [0.5, 0.6) is 0 Å². The van der Waals surface area contributed by atoms with Crippen LogP contribution in [0.1, 0.15) is 12.5 Å². The molecule has 0 aliphatic rings. The van der Waals surface area contributed by atoms with Crippen molar-refractivity contribution in [3.8, 4) is 0 Å². The number of esters is 1. The summed E-state index contributed by atoms with van der Waals surface area (Å²) in [4.78, 5) is 11.2. The first-order valence-electron chi connectivity index (χ1n) is 5.08. The van der Waals surface area contributed by atoms with Gasteiger partial charge in [0.25, 0.3) is 0 Å². The second-order valence-corrected chi connectivity index (χ2v) is 4.80. The van der Waals surface area contributed by atoms with Crippen LogP contribution in [0.15, 0.2) is 28.7 Å². The summed E-state index contributed by atoms with van der Waals surface area (Å²) in [5.74, 6) is -0.701. The number of benzene rings is 1. The largest absolute Gasteiger partial charge is 0.467 e. The SMILES string of the molecule is COC(=O)C(C)(O)COCc1ccc(Br)cc1. The van der Waals surface area contributed by atoms with E-state index in [0.29, 0.717) is 6.61 Å². The molecule has 0 fully saturated rings. The third-order valence-corrected chi connectivity index (χ3v) is 2.72. The van der Waals surface area contributed by atoms with Gasteiger partial charge < -0.3 is 14.6 Å². The summed E-state index contributed by atoms with van der Waals surface area (Å²) in [5.41, 5.74) is -0.640. The number of aliphatic hydroxyl groups is 1. The zero-order valence-electron chi connectivity index (χ0n) is 9.77. The first kappa shape index (κ1) is 14.2. The van der Waals surface area contributed by atoms with Gasteiger partial charge in [-0.25, -0.2) is 4.79 Å². The van der Waals surface area contributed by atoms with Crippen molar-refractivity contribution in [2.24, 2.45) is 0 Å². The molecule has 0 radical (unpaired) electrons. The summed E-state index contributed by atoms with van der Waals surface area (Å²) in [6.07, 6.45) is 0. The van der Waals surface area contributed by atoms with E-state index in [1.807, 2.05) is 24.3 Å². The Labute approximate surface area is 109 Å². The second kappa shape index (κ2) is 6.14. The summed E-state index contributed by atoms with van der Waals surface area (Å²) < 4.78 is 10.7. The van der Waals surface area contributed by atoms with Crippen LogP contribution in [0.4, 0.5) is 0 Å². The molecule has 1 N–H and O–H groups in total. The molecule has 17 heavy (non-hydrogen) atoms. The smallest absolute Gasteiger partial charge is 0.339 e. The lowest BCUT2D eigenvalue weighted by atomic mass is 10.1. The topological polar surface area (TPSA) is 55.8 Å². The first-order valence-corrected chi connectivity index (χ1v) is 5.88. The van der Waals surface area contributed by atoms with Crippen molar-refractivity contribution >= 4 is 21.9 Å². The van der Waals surface area contributed by atoms with Gasteiger partial charge in [0.2, 0.25) is 0 Å². The molecule has 0 spiro atoms. The van der Waals surface area contributed by atoms with E-state index >= 15 is 0 Å². The van der Waals surface area contributed by atoms with Crippen molar-refractivity contribution in [2.45, 2.75) is 19.1 Å². The number of hydrogen-bond donors (Lipinski definition) is 1. The fourth-order valence-electron chi connectivity index (χ4n) is 1.23. The number of ether oxygens (including phenoxy) is 2. The van der Waals surface area contributed by atoms with Crippen molar-refractivity contribution in [3.63, 3.8) is 0 Å². The molecule has 0 amide bonds. The Morgan fingerprint density at radius 1 is 1.41 bits per heavy atom. The average Bonchev–Trinajstić information content (AvgIpc) is 2.30. The van der Waals surface area contributed by atoms with Gasteiger partial charge in [0, 0.05) is 4.47 Å². The Kier molecular flexibility index (Phi) is 5.11. The van der Waals surface area contributed by atoms with Crippen LogP contribution >= 0.6 is 15.9 Å². The predicted molar refractivity (Wildman–Crippen MR) is 66.4 cm³/mol. The Morgan fingerprint density at radius 3 is 2.53 bits per heavy atom. The second-order valence-electron chi connectivity index (χ2n) is 3.88. The lowest BCUT2D eigenvalue weighted by molar-refractivity contribution is -0.167. The van der Waals surface area contributed by atoms with Crippen LogP contribution < -0.4 is 0 Å². The number of hydrogen-bond acceptors (Lipinski definition) is 4. The molecule has 1 unspecified atom stereocenters. The van der Waals surface area contributed by atoms with Crippen molar-refractivity contribution in [2.75, 3.05) is 13.7 Å². The number of halogens is 1. The molecule has 0 bridgehead atoms. The molecular weight excluding hydrogens is 288 g/mol. The van der Waals surface area contributed by atoms with E-state index in [9.17, 15) is 9.90 Å². The Bertz CT molecular complexity index is 373. The van der Waals surface area contributed by atoms with Crippen LogP contribution in [0.2, 0.25) is 0 Å². The monoisotopic (exact) mass is 302 g/mol. The van der Waals surface area contributed by atoms with E-state index in [2.05, 4.69) is 20.7 Å². The molecule has 94 valence electrons. The van der Waals surface area contributed by atoms with Gasteiger partial charge >= 0.3 is 5.97 Å². The van der Waals surface area contributed by atoms with Crippen LogP contribution in [-0.2, 0) is 20.9 Å². The third kappa shape index (κ3) is 4.46. The van der Waals surface area contributed by atoms with E-state index in [1.54, 1.807) is 0 Å². The average molecular weight is 303 g/mol. The molecule has 0 heterocycles. The van der Waals surface area contributed by atoms with Crippen LogP contribution in [-0.4, -0.2) is 30.4 Å². The zero-order valence-corrected chi connectivity index (χ0v) is 11.4. The highest BCUT2D eigenvalue weighted by Gasteiger charge is 2.31. The minimum absolute atomic E-state index is 0.101. The molecule has 0 saturated heterocycles. The number of rotatable bonds is 5. The molecule has 5 heteroatoms. The quantitative estimate of drug-likeness (QED) is 0.844. The molecule has 1 aromatic carbocycles. The van der Waals surface area contributed by atoms with E-state index in [0.717, 1.165) is 10.0 Å². The standard InChI is InChI=1S/C12H15BrO4/c1-12(15,11(14)16-2)8-17-7-9-3-5-10(13)6-4-9/h3-6,15H,7-8H2,1-2H3. The summed E-state index contributed by atoms with van der Waals surface area (Å²) in [6, 6.07) is 7.60. The molecule has 1 aromatic rings. The highest BCUT2D eigenvalue weighted by molar-refractivity contribution is 9.10. The Hall–Kier alpha value is -0.910. The normalized spacial score (nSPS) is 14.1. The fourth-order valence-corrected chi connectivity index (χ4v) is 1.49. The van der Waals surface area contributed by atoms with Crippen molar-refractivity contribution < 1.29 is 19.4 Å². The zero-order chi connectivity index (χ0) is 12.9. The molecular formula is C12H15BrO4. The molecule has 1 atom stereocenters. The lowest BCUT2D eigenvalue weighted by Crippen LogP contribution is -2.40. The minimum Gasteiger partial charge on any atom is -0.467 e. The third-order valence-electron chi connectivity index (χ3n) is 2.19. The molecule has 1 rings (SSSR count). The maximum absolute atomic E-state index is 11.2. The summed E-state index contributed by atoms with van der Waals surface area (Å²) in [7, 11) is 1.23. The van der Waals surface area contributed by atoms with Gasteiger partial charge in [0.05, 0.1) is 20.3 Å². The Balaban J connectivity index is 2.42. The first-order chi connectivity index (χ1) is 7.95. The van der Waals surface area contributed by atoms with E-state index in [4.69, 9.17) is 4.74 Å². The fraction of sp³-hybridized carbons (Fsp3) is 0.417. The van der Waals surface area contributed by atoms with E-state index in [1.165, 1.54) is 14.0 Å². The van der Waals surface area contributed by atoms with Gasteiger partial charge in [-0.05, 0) is 24.6 Å². The molecule has 0 aromatic heterocycles.